The number of aliphatic carboxylic acids is 1. The van der Waals surface area contributed by atoms with Crippen LogP contribution in [0, 0.1) is 11.8 Å². The van der Waals surface area contributed by atoms with Gasteiger partial charge in [-0.1, -0.05) is 13.3 Å². The number of amides is 1. The zero-order valence-corrected chi connectivity index (χ0v) is 11.6. The Morgan fingerprint density at radius 1 is 1.32 bits per heavy atom. The smallest absolute Gasteiger partial charge is 0.329 e. The van der Waals surface area contributed by atoms with Crippen LogP contribution in [0.4, 0.5) is 0 Å². The lowest BCUT2D eigenvalue weighted by atomic mass is 9.75. The van der Waals surface area contributed by atoms with Gasteiger partial charge in [-0.15, -0.1) is 0 Å². The molecule has 0 aromatic carbocycles. The molecule has 2 rings (SSSR count). The number of carbonyl (C=O) groups excluding carboxylic acids is 1. The van der Waals surface area contributed by atoms with Crippen LogP contribution in [-0.4, -0.2) is 35.6 Å². The van der Waals surface area contributed by atoms with Crippen LogP contribution in [0.15, 0.2) is 0 Å². The summed E-state index contributed by atoms with van der Waals surface area (Å²) >= 11 is 0. The number of nitrogens with one attached hydrogen (secondary N) is 2. The van der Waals surface area contributed by atoms with Crippen molar-refractivity contribution in [3.8, 4) is 0 Å². The van der Waals surface area contributed by atoms with E-state index >= 15 is 0 Å². The average Bonchev–Trinajstić information content (AvgIpc) is 2.93. The third-order valence-corrected chi connectivity index (χ3v) is 4.74. The molecule has 1 aliphatic carbocycles. The van der Waals surface area contributed by atoms with Gasteiger partial charge in [-0.25, -0.2) is 4.79 Å². The van der Waals surface area contributed by atoms with Gasteiger partial charge in [0, 0.05) is 6.54 Å². The molecule has 5 nitrogen and oxygen atoms in total. The summed E-state index contributed by atoms with van der Waals surface area (Å²) in [6.45, 7) is 3.65. The summed E-state index contributed by atoms with van der Waals surface area (Å²) in [5.74, 6) is -0.429. The lowest BCUT2D eigenvalue weighted by molar-refractivity contribution is -0.150. The molecule has 19 heavy (non-hydrogen) atoms. The van der Waals surface area contributed by atoms with Crippen molar-refractivity contribution in [2.45, 2.75) is 51.0 Å². The molecular weight excluding hydrogens is 244 g/mol. The Hall–Kier alpha value is -1.10. The fraction of sp³-hybridized carbons (Fsp3) is 0.857. The van der Waals surface area contributed by atoms with Crippen molar-refractivity contribution >= 4 is 11.9 Å². The van der Waals surface area contributed by atoms with Gasteiger partial charge < -0.3 is 15.7 Å². The van der Waals surface area contributed by atoms with Gasteiger partial charge in [0.1, 0.15) is 5.54 Å². The van der Waals surface area contributed by atoms with Crippen LogP contribution in [0.2, 0.25) is 0 Å². The highest BCUT2D eigenvalue weighted by molar-refractivity contribution is 5.88. The van der Waals surface area contributed by atoms with Crippen LogP contribution >= 0.6 is 0 Å². The van der Waals surface area contributed by atoms with Crippen LogP contribution in [0.25, 0.3) is 0 Å². The van der Waals surface area contributed by atoms with Gasteiger partial charge in [-0.05, 0) is 44.6 Å². The number of carboxylic acids is 1. The fourth-order valence-corrected chi connectivity index (χ4v) is 3.19. The zero-order chi connectivity index (χ0) is 13.9. The minimum Gasteiger partial charge on any atom is -0.480 e. The first kappa shape index (κ1) is 14.3. The van der Waals surface area contributed by atoms with Gasteiger partial charge in [-0.2, -0.15) is 0 Å². The van der Waals surface area contributed by atoms with Crippen molar-refractivity contribution in [2.24, 2.45) is 11.8 Å². The molecule has 3 N–H and O–H groups in total. The van der Waals surface area contributed by atoms with Crippen LogP contribution in [0.3, 0.4) is 0 Å². The van der Waals surface area contributed by atoms with E-state index in [1.165, 1.54) is 0 Å². The highest BCUT2D eigenvalue weighted by Gasteiger charge is 2.44. The van der Waals surface area contributed by atoms with Crippen LogP contribution in [0.1, 0.15) is 45.4 Å². The molecule has 1 aliphatic heterocycles. The maximum Gasteiger partial charge on any atom is 0.329 e. The van der Waals surface area contributed by atoms with Gasteiger partial charge in [0.05, 0.1) is 5.92 Å². The van der Waals surface area contributed by atoms with Crippen molar-refractivity contribution < 1.29 is 14.7 Å². The van der Waals surface area contributed by atoms with Crippen molar-refractivity contribution in [1.82, 2.24) is 10.6 Å². The molecule has 0 radical (unpaired) electrons. The van der Waals surface area contributed by atoms with Crippen molar-refractivity contribution in [3.63, 3.8) is 0 Å². The third-order valence-electron chi connectivity index (χ3n) is 4.74. The Bertz CT molecular complexity index is 343. The summed E-state index contributed by atoms with van der Waals surface area (Å²) in [7, 11) is 0. The van der Waals surface area contributed by atoms with Crippen molar-refractivity contribution in [3.05, 3.63) is 0 Å². The first-order valence-corrected chi connectivity index (χ1v) is 7.33. The molecule has 1 atom stereocenters. The summed E-state index contributed by atoms with van der Waals surface area (Å²) in [6.07, 6.45) is 4.81. The maximum atomic E-state index is 12.2. The molecule has 0 spiro atoms. The van der Waals surface area contributed by atoms with Crippen molar-refractivity contribution in [1.29, 1.82) is 0 Å². The molecule has 1 saturated carbocycles. The lowest BCUT2D eigenvalue weighted by Crippen LogP contribution is -2.57. The lowest BCUT2D eigenvalue weighted by Gasteiger charge is -2.37. The van der Waals surface area contributed by atoms with Gasteiger partial charge >= 0.3 is 5.97 Å². The van der Waals surface area contributed by atoms with Crippen molar-refractivity contribution in [2.75, 3.05) is 13.1 Å². The van der Waals surface area contributed by atoms with Gasteiger partial charge in [0.25, 0.3) is 0 Å². The monoisotopic (exact) mass is 268 g/mol. The van der Waals surface area contributed by atoms with E-state index in [0.717, 1.165) is 32.2 Å². The highest BCUT2D eigenvalue weighted by Crippen LogP contribution is 2.34. The summed E-state index contributed by atoms with van der Waals surface area (Å²) in [6, 6.07) is 0. The average molecular weight is 268 g/mol. The molecule has 108 valence electrons. The second kappa shape index (κ2) is 5.90. The van der Waals surface area contributed by atoms with E-state index in [9.17, 15) is 14.7 Å². The Morgan fingerprint density at radius 2 is 2.00 bits per heavy atom. The Balaban J connectivity index is 2.00. The molecule has 2 fully saturated rings. The molecule has 0 bridgehead atoms. The van der Waals surface area contributed by atoms with E-state index in [1.807, 2.05) is 0 Å². The molecule has 0 aromatic rings. The minimum atomic E-state index is -1.02. The Labute approximate surface area is 114 Å². The second-order valence-electron chi connectivity index (χ2n) is 5.92. The fourth-order valence-electron chi connectivity index (χ4n) is 3.19. The molecule has 2 aliphatic rings. The molecule has 1 amide bonds. The summed E-state index contributed by atoms with van der Waals surface area (Å²) in [5.41, 5.74) is -1.02. The Kier molecular flexibility index (Phi) is 4.45. The molecule has 1 saturated heterocycles. The summed E-state index contributed by atoms with van der Waals surface area (Å²) in [4.78, 5) is 23.8. The van der Waals surface area contributed by atoms with E-state index in [1.54, 1.807) is 0 Å². The standard InChI is InChI=1S/C14H24N2O3/c1-2-10-3-6-14(7-4-10,13(18)19)16-12(17)11-5-8-15-9-11/h10-11,15H,2-9H2,1H3,(H,16,17)(H,18,19). The quantitative estimate of drug-likeness (QED) is 0.714. The molecule has 5 heteroatoms. The first-order chi connectivity index (χ1) is 9.07. The van der Waals surface area contributed by atoms with Crippen LogP contribution < -0.4 is 10.6 Å². The predicted octanol–water partition coefficient (Wildman–Crippen LogP) is 1.14. The van der Waals surface area contributed by atoms with E-state index in [2.05, 4.69) is 17.6 Å². The third kappa shape index (κ3) is 3.08. The summed E-state index contributed by atoms with van der Waals surface area (Å²) in [5, 5.41) is 15.5. The Morgan fingerprint density at radius 3 is 2.47 bits per heavy atom. The molecule has 1 heterocycles. The minimum absolute atomic E-state index is 0.0693. The largest absolute Gasteiger partial charge is 0.480 e. The van der Waals surface area contributed by atoms with Crippen LogP contribution in [0.5, 0.6) is 0 Å². The molecule has 1 unspecified atom stereocenters. The number of carbonyl (C=O) groups is 2. The van der Waals surface area contributed by atoms with E-state index in [-0.39, 0.29) is 11.8 Å². The maximum absolute atomic E-state index is 12.2. The normalized spacial score (nSPS) is 35.0. The summed E-state index contributed by atoms with van der Waals surface area (Å²) < 4.78 is 0. The van der Waals surface area contributed by atoms with Gasteiger partial charge in [-0.3, -0.25) is 4.79 Å². The van der Waals surface area contributed by atoms with Gasteiger partial charge in [0.2, 0.25) is 5.91 Å². The number of carboxylic acid groups (broad SMARTS) is 1. The van der Waals surface area contributed by atoms with Crippen LogP contribution in [-0.2, 0) is 9.59 Å². The topological polar surface area (TPSA) is 78.4 Å². The highest BCUT2D eigenvalue weighted by atomic mass is 16.4. The van der Waals surface area contributed by atoms with E-state index in [4.69, 9.17) is 0 Å². The number of hydrogen-bond acceptors (Lipinski definition) is 3. The van der Waals surface area contributed by atoms with E-state index < -0.39 is 11.5 Å². The first-order valence-electron chi connectivity index (χ1n) is 7.33. The number of hydrogen-bond donors (Lipinski definition) is 3. The molecular formula is C14H24N2O3. The zero-order valence-electron chi connectivity index (χ0n) is 11.6. The predicted molar refractivity (Wildman–Crippen MR) is 71.7 cm³/mol. The van der Waals surface area contributed by atoms with E-state index in [0.29, 0.717) is 25.3 Å². The SMILES string of the molecule is CCC1CCC(NC(=O)C2CCNC2)(C(=O)O)CC1. The second-order valence-corrected chi connectivity index (χ2v) is 5.92. The van der Waals surface area contributed by atoms with Gasteiger partial charge in [0.15, 0.2) is 0 Å². The number of rotatable bonds is 4. The molecule has 0 aromatic heterocycles.